The average Bonchev–Trinajstić information content (AvgIpc) is 3.03. The summed E-state index contributed by atoms with van der Waals surface area (Å²) >= 11 is 0. The van der Waals surface area contributed by atoms with Gasteiger partial charge in [-0.2, -0.15) is 4.98 Å². The second-order valence-corrected chi connectivity index (χ2v) is 7.40. The van der Waals surface area contributed by atoms with Crippen LogP contribution >= 0.6 is 0 Å². The lowest BCUT2D eigenvalue weighted by Gasteiger charge is -2.29. The summed E-state index contributed by atoms with van der Waals surface area (Å²) in [6, 6.07) is 0. The van der Waals surface area contributed by atoms with E-state index in [0.29, 0.717) is 18.3 Å². The van der Waals surface area contributed by atoms with Crippen molar-refractivity contribution in [1.82, 2.24) is 15.5 Å². The lowest BCUT2D eigenvalue weighted by Crippen LogP contribution is -2.35. The van der Waals surface area contributed by atoms with Gasteiger partial charge >= 0.3 is 0 Å². The minimum Gasteiger partial charge on any atom is -0.370 e. The van der Waals surface area contributed by atoms with Crippen LogP contribution in [0.4, 0.5) is 0 Å². The molecule has 21 heavy (non-hydrogen) atoms. The van der Waals surface area contributed by atoms with E-state index in [0.717, 1.165) is 25.4 Å². The molecule has 0 saturated carbocycles. The van der Waals surface area contributed by atoms with E-state index < -0.39 is 0 Å². The molecule has 0 spiro atoms. The van der Waals surface area contributed by atoms with E-state index >= 15 is 0 Å². The number of nitrogens with zero attached hydrogens (tertiary/aromatic N) is 2. The third-order valence-electron chi connectivity index (χ3n) is 4.52. The predicted molar refractivity (Wildman–Crippen MR) is 82.1 cm³/mol. The van der Waals surface area contributed by atoms with Crippen LogP contribution in [0.3, 0.4) is 0 Å². The van der Waals surface area contributed by atoms with Gasteiger partial charge in [0.05, 0.1) is 5.41 Å². The fraction of sp³-hybridized carbons (Fsp3) is 0.875. The summed E-state index contributed by atoms with van der Waals surface area (Å²) in [6.07, 6.45) is 0.903. The van der Waals surface area contributed by atoms with Crippen LogP contribution in [0.5, 0.6) is 0 Å². The highest BCUT2D eigenvalue weighted by molar-refractivity contribution is 5.13. The van der Waals surface area contributed by atoms with Crippen LogP contribution in [0.15, 0.2) is 4.52 Å². The molecule has 1 aromatic heterocycles. The molecular weight excluding hydrogens is 266 g/mol. The maximum Gasteiger partial charge on any atom is 0.234 e. The molecule has 2 atom stereocenters. The molecule has 1 aliphatic rings. The SMILES string of the molecule is CCOC(c1noc(C2(C(C)C)CCNC2)n1)C(C)(C)C. The van der Waals surface area contributed by atoms with Gasteiger partial charge in [0, 0.05) is 13.2 Å². The third kappa shape index (κ3) is 3.14. The Morgan fingerprint density at radius 1 is 1.38 bits per heavy atom. The molecule has 2 heterocycles. The predicted octanol–water partition coefficient (Wildman–Crippen LogP) is 3.08. The number of nitrogens with one attached hydrogen (secondary N) is 1. The standard InChI is InChI=1S/C16H29N3O2/c1-7-20-12(15(4,5)6)13-18-14(21-19-13)16(11(2)3)8-9-17-10-16/h11-12,17H,7-10H2,1-6H3. The maximum absolute atomic E-state index is 5.86. The van der Waals surface area contributed by atoms with Gasteiger partial charge in [-0.15, -0.1) is 0 Å². The van der Waals surface area contributed by atoms with Crippen LogP contribution < -0.4 is 5.32 Å². The molecular formula is C16H29N3O2. The molecule has 0 radical (unpaired) electrons. The van der Waals surface area contributed by atoms with E-state index in [1.54, 1.807) is 0 Å². The summed E-state index contributed by atoms with van der Waals surface area (Å²) in [5.41, 5.74) is -0.101. The molecule has 0 aliphatic carbocycles. The minimum atomic E-state index is -0.140. The van der Waals surface area contributed by atoms with Crippen molar-refractivity contribution < 1.29 is 9.26 Å². The van der Waals surface area contributed by atoms with E-state index in [1.807, 2.05) is 6.92 Å². The van der Waals surface area contributed by atoms with Gasteiger partial charge in [0.2, 0.25) is 11.7 Å². The number of aromatic nitrogens is 2. The van der Waals surface area contributed by atoms with E-state index in [4.69, 9.17) is 14.2 Å². The molecule has 2 rings (SSSR count). The van der Waals surface area contributed by atoms with Crippen molar-refractivity contribution >= 4 is 0 Å². The fourth-order valence-electron chi connectivity index (χ4n) is 3.06. The van der Waals surface area contributed by atoms with Gasteiger partial charge in [-0.3, -0.25) is 0 Å². The Morgan fingerprint density at radius 3 is 2.57 bits per heavy atom. The van der Waals surface area contributed by atoms with Gasteiger partial charge in [0.15, 0.2) is 0 Å². The van der Waals surface area contributed by atoms with Crippen molar-refractivity contribution in [2.75, 3.05) is 19.7 Å². The first-order valence-electron chi connectivity index (χ1n) is 7.97. The highest BCUT2D eigenvalue weighted by Crippen LogP contribution is 2.39. The second kappa shape index (κ2) is 6.05. The quantitative estimate of drug-likeness (QED) is 0.904. The van der Waals surface area contributed by atoms with Gasteiger partial charge in [-0.25, -0.2) is 0 Å². The first-order chi connectivity index (χ1) is 9.81. The summed E-state index contributed by atoms with van der Waals surface area (Å²) < 4.78 is 11.5. The van der Waals surface area contributed by atoms with Crippen LogP contribution in [0.1, 0.15) is 65.8 Å². The zero-order chi connectivity index (χ0) is 15.7. The summed E-state index contributed by atoms with van der Waals surface area (Å²) in [4.78, 5) is 4.73. The van der Waals surface area contributed by atoms with E-state index in [9.17, 15) is 0 Å². The molecule has 0 aromatic carbocycles. The minimum absolute atomic E-state index is 0.0418. The summed E-state index contributed by atoms with van der Waals surface area (Å²) in [5, 5.41) is 7.66. The molecule has 1 fully saturated rings. The maximum atomic E-state index is 5.86. The molecule has 1 N–H and O–H groups in total. The normalized spacial score (nSPS) is 24.7. The average molecular weight is 295 g/mol. The van der Waals surface area contributed by atoms with Gasteiger partial charge < -0.3 is 14.6 Å². The van der Waals surface area contributed by atoms with Crippen molar-refractivity contribution in [3.63, 3.8) is 0 Å². The second-order valence-electron chi connectivity index (χ2n) is 7.40. The van der Waals surface area contributed by atoms with Gasteiger partial charge in [0.25, 0.3) is 0 Å². The monoisotopic (exact) mass is 295 g/mol. The molecule has 120 valence electrons. The van der Waals surface area contributed by atoms with Gasteiger partial charge in [-0.1, -0.05) is 39.8 Å². The Hall–Kier alpha value is -0.940. The fourth-order valence-corrected chi connectivity index (χ4v) is 3.06. The van der Waals surface area contributed by atoms with Crippen LogP contribution in [0.25, 0.3) is 0 Å². The Morgan fingerprint density at radius 2 is 2.10 bits per heavy atom. The van der Waals surface area contributed by atoms with E-state index in [1.165, 1.54) is 0 Å². The van der Waals surface area contributed by atoms with E-state index in [-0.39, 0.29) is 16.9 Å². The Balaban J connectivity index is 2.32. The largest absolute Gasteiger partial charge is 0.370 e. The van der Waals surface area contributed by atoms with E-state index in [2.05, 4.69) is 45.1 Å². The zero-order valence-corrected chi connectivity index (χ0v) is 14.2. The Kier molecular flexibility index (Phi) is 4.73. The molecule has 2 unspecified atom stereocenters. The summed E-state index contributed by atoms with van der Waals surface area (Å²) in [6.45, 7) is 15.4. The van der Waals surface area contributed by atoms with Crippen molar-refractivity contribution in [2.45, 2.75) is 59.5 Å². The topological polar surface area (TPSA) is 60.2 Å². The molecule has 1 aromatic rings. The zero-order valence-electron chi connectivity index (χ0n) is 14.2. The smallest absolute Gasteiger partial charge is 0.234 e. The molecule has 0 bridgehead atoms. The first kappa shape index (κ1) is 16.4. The molecule has 1 saturated heterocycles. The molecule has 5 heteroatoms. The molecule has 1 aliphatic heterocycles. The number of ether oxygens (including phenoxy) is 1. The lowest BCUT2D eigenvalue weighted by atomic mass is 9.76. The van der Waals surface area contributed by atoms with Crippen molar-refractivity contribution in [1.29, 1.82) is 0 Å². The van der Waals surface area contributed by atoms with Crippen molar-refractivity contribution in [3.8, 4) is 0 Å². The van der Waals surface area contributed by atoms with Crippen LogP contribution in [0, 0.1) is 11.3 Å². The van der Waals surface area contributed by atoms with Crippen LogP contribution in [-0.2, 0) is 10.2 Å². The molecule has 0 amide bonds. The Labute approximate surface area is 127 Å². The van der Waals surface area contributed by atoms with Crippen molar-refractivity contribution in [2.24, 2.45) is 11.3 Å². The molecule has 5 nitrogen and oxygen atoms in total. The van der Waals surface area contributed by atoms with Crippen LogP contribution in [-0.4, -0.2) is 29.8 Å². The van der Waals surface area contributed by atoms with Gasteiger partial charge in [0.1, 0.15) is 6.10 Å². The first-order valence-corrected chi connectivity index (χ1v) is 7.97. The Bertz CT molecular complexity index is 456. The van der Waals surface area contributed by atoms with Gasteiger partial charge in [-0.05, 0) is 31.2 Å². The van der Waals surface area contributed by atoms with Crippen LogP contribution in [0.2, 0.25) is 0 Å². The number of rotatable bonds is 5. The number of hydrogen-bond acceptors (Lipinski definition) is 5. The third-order valence-corrected chi connectivity index (χ3v) is 4.52. The summed E-state index contributed by atoms with van der Waals surface area (Å²) in [7, 11) is 0. The van der Waals surface area contributed by atoms with Crippen molar-refractivity contribution in [3.05, 3.63) is 11.7 Å². The highest BCUT2D eigenvalue weighted by atomic mass is 16.5. The lowest BCUT2D eigenvalue weighted by molar-refractivity contribution is -0.0203. The summed E-state index contributed by atoms with van der Waals surface area (Å²) in [5.74, 6) is 1.89. The highest BCUT2D eigenvalue weighted by Gasteiger charge is 2.44. The number of hydrogen-bond donors (Lipinski definition) is 1.